The predicted octanol–water partition coefficient (Wildman–Crippen LogP) is 26.6. The Morgan fingerprint density at radius 3 is 1.06 bits per heavy atom. The Balaban J connectivity index is 0.0000000902. The molecule has 8 aromatic heterocycles. The molecule has 0 atom stereocenters. The van der Waals surface area contributed by atoms with Crippen molar-refractivity contribution in [1.29, 1.82) is 0 Å². The van der Waals surface area contributed by atoms with Gasteiger partial charge in [0.15, 0.2) is 0 Å². The van der Waals surface area contributed by atoms with Gasteiger partial charge in [-0.2, -0.15) is 0 Å². The van der Waals surface area contributed by atoms with E-state index in [1.54, 1.807) is 0 Å². The van der Waals surface area contributed by atoms with Crippen LogP contribution in [0.1, 0.15) is 0 Å². The van der Waals surface area contributed by atoms with Crippen LogP contribution in [0.4, 0.5) is 0 Å². The molecule has 8 heterocycles. The van der Waals surface area contributed by atoms with Crippen LogP contribution in [-0.4, -0.2) is 22.7 Å². The molecule has 0 radical (unpaired) electrons. The Morgan fingerprint density at radius 2 is 0.534 bits per heavy atom. The van der Waals surface area contributed by atoms with Gasteiger partial charge in [0.25, 0.3) is 0 Å². The highest BCUT2D eigenvalue weighted by Crippen LogP contribution is 2.46. The SMILES string of the molecule is c1ccc(-n2c3ccccc3c3c2ccc2c4ccccc4n(-c4ccccc4)c23)cc1.c1ccc(-n2c3ccccc3c3c4oc5ccccc5c4ccc32)cc1.c1ccc(-n2c3ccccc3c3c4sc5ccccc5c4ccc32)cc1.c1ccc2c(c1)c1cccc3c4ccccc4n2c13. The lowest BCUT2D eigenvalue weighted by molar-refractivity contribution is 0.673. The molecule has 24 aromatic rings. The molecule has 0 aliphatic heterocycles. The van der Waals surface area contributed by atoms with E-state index in [1.165, 1.54) is 173 Å². The van der Waals surface area contributed by atoms with Gasteiger partial charge in [-0.3, -0.25) is 0 Å². The van der Waals surface area contributed by atoms with Gasteiger partial charge in [0, 0.05) is 113 Å². The van der Waals surface area contributed by atoms with Gasteiger partial charge in [-0.05, 0) is 121 Å². The highest BCUT2D eigenvalue weighted by atomic mass is 32.1. The van der Waals surface area contributed by atoms with Crippen LogP contribution in [-0.2, 0) is 0 Å². The van der Waals surface area contributed by atoms with Gasteiger partial charge in [-0.1, -0.05) is 249 Å². The second kappa shape index (κ2) is 23.6. The Kier molecular flexibility index (Phi) is 13.4. The Morgan fingerprint density at radius 1 is 0.194 bits per heavy atom. The van der Waals surface area contributed by atoms with Gasteiger partial charge in [0.1, 0.15) is 11.2 Å². The average molecular weight is 1330 g/mol. The second-order valence-electron chi connectivity index (χ2n) is 26.5. The van der Waals surface area contributed by atoms with Gasteiger partial charge in [-0.25, -0.2) is 0 Å². The van der Waals surface area contributed by atoms with Crippen LogP contribution >= 0.6 is 11.3 Å². The lowest BCUT2D eigenvalue weighted by atomic mass is 10.1. The molecule has 0 fully saturated rings. The van der Waals surface area contributed by atoms with Gasteiger partial charge in [0.05, 0.1) is 66.1 Å². The molecule has 0 saturated heterocycles. The highest BCUT2D eigenvalue weighted by Gasteiger charge is 2.23. The van der Waals surface area contributed by atoms with Crippen molar-refractivity contribution < 1.29 is 4.42 Å². The summed E-state index contributed by atoms with van der Waals surface area (Å²) in [7, 11) is 0. The van der Waals surface area contributed by atoms with Crippen molar-refractivity contribution in [3.05, 3.63) is 370 Å². The highest BCUT2D eigenvalue weighted by molar-refractivity contribution is 7.26. The third-order valence-corrected chi connectivity index (χ3v) is 22.2. The van der Waals surface area contributed by atoms with Crippen molar-refractivity contribution in [1.82, 2.24) is 22.7 Å². The minimum Gasteiger partial charge on any atom is -0.455 e. The molecule has 482 valence electrons. The summed E-state index contributed by atoms with van der Waals surface area (Å²) in [6.07, 6.45) is 0. The van der Waals surface area contributed by atoms with Crippen molar-refractivity contribution in [3.63, 3.8) is 0 Å². The van der Waals surface area contributed by atoms with Crippen LogP contribution in [0.15, 0.2) is 374 Å². The molecular formula is C96H61N5OS. The van der Waals surface area contributed by atoms with Gasteiger partial charge in [0.2, 0.25) is 0 Å². The molecule has 0 unspecified atom stereocenters. The van der Waals surface area contributed by atoms with E-state index in [4.69, 9.17) is 4.42 Å². The van der Waals surface area contributed by atoms with E-state index in [0.29, 0.717) is 0 Å². The second-order valence-corrected chi connectivity index (χ2v) is 27.6. The maximum Gasteiger partial charge on any atom is 0.145 e. The van der Waals surface area contributed by atoms with Crippen LogP contribution in [0.25, 0.3) is 190 Å². The fraction of sp³-hybridized carbons (Fsp3) is 0. The van der Waals surface area contributed by atoms with E-state index in [-0.39, 0.29) is 0 Å². The molecule has 0 saturated carbocycles. The van der Waals surface area contributed by atoms with E-state index < -0.39 is 0 Å². The van der Waals surface area contributed by atoms with Crippen molar-refractivity contribution in [2.45, 2.75) is 0 Å². The van der Waals surface area contributed by atoms with Gasteiger partial charge >= 0.3 is 0 Å². The number of rotatable bonds is 4. The van der Waals surface area contributed by atoms with E-state index in [9.17, 15) is 0 Å². The Labute approximate surface area is 594 Å². The molecule has 7 heteroatoms. The lowest BCUT2D eigenvalue weighted by Gasteiger charge is -2.09. The van der Waals surface area contributed by atoms with Crippen LogP contribution in [0.3, 0.4) is 0 Å². The molecule has 6 nitrogen and oxygen atoms in total. The smallest absolute Gasteiger partial charge is 0.145 e. The number of nitrogens with zero attached hydrogens (tertiary/aromatic N) is 5. The number of fused-ring (bicyclic) bond motifs is 27. The maximum absolute atomic E-state index is 6.31. The third-order valence-electron chi connectivity index (χ3n) is 21.0. The third kappa shape index (κ3) is 8.99. The monoisotopic (exact) mass is 1330 g/mol. The summed E-state index contributed by atoms with van der Waals surface area (Å²) < 4.78 is 21.0. The summed E-state index contributed by atoms with van der Waals surface area (Å²) in [5.41, 5.74) is 20.4. The number of furan rings is 1. The van der Waals surface area contributed by atoms with Gasteiger partial charge < -0.3 is 27.1 Å². The lowest BCUT2D eigenvalue weighted by Crippen LogP contribution is -1.95. The fourth-order valence-electron chi connectivity index (χ4n) is 16.8. The predicted molar refractivity (Wildman–Crippen MR) is 438 cm³/mol. The number of thiophene rings is 1. The molecular weight excluding hydrogens is 1270 g/mol. The summed E-state index contributed by atoms with van der Waals surface area (Å²) in [5, 5.41) is 20.7. The minimum absolute atomic E-state index is 0.937. The van der Waals surface area contributed by atoms with Crippen LogP contribution < -0.4 is 0 Å². The first-order valence-corrected chi connectivity index (χ1v) is 36.0. The van der Waals surface area contributed by atoms with Crippen LogP contribution in [0.2, 0.25) is 0 Å². The first-order valence-electron chi connectivity index (χ1n) is 35.2. The number of para-hydroxylation sites is 12. The molecule has 0 N–H and O–H groups in total. The first kappa shape index (κ1) is 58.5. The van der Waals surface area contributed by atoms with Crippen LogP contribution in [0.5, 0.6) is 0 Å². The summed E-state index contributed by atoms with van der Waals surface area (Å²) in [4.78, 5) is 0. The molecule has 24 rings (SSSR count). The summed E-state index contributed by atoms with van der Waals surface area (Å²) in [6, 6.07) is 132. The largest absolute Gasteiger partial charge is 0.455 e. The molecule has 0 aliphatic carbocycles. The zero-order valence-electron chi connectivity index (χ0n) is 55.8. The van der Waals surface area contributed by atoms with E-state index in [2.05, 4.69) is 381 Å². The first-order chi connectivity index (χ1) is 51.2. The summed E-state index contributed by atoms with van der Waals surface area (Å²) in [5.74, 6) is 0. The van der Waals surface area contributed by atoms with Gasteiger partial charge in [-0.15, -0.1) is 11.3 Å². The molecule has 0 amide bonds. The number of benzene rings is 16. The van der Waals surface area contributed by atoms with Crippen molar-refractivity contribution >= 4 is 179 Å². The topological polar surface area (TPSA) is 37.3 Å². The maximum atomic E-state index is 6.31. The number of hydrogen-bond acceptors (Lipinski definition) is 2. The Hall–Kier alpha value is -13.5. The van der Waals surface area contributed by atoms with Crippen molar-refractivity contribution in [3.8, 4) is 22.7 Å². The van der Waals surface area contributed by atoms with Crippen molar-refractivity contribution in [2.75, 3.05) is 0 Å². The zero-order valence-corrected chi connectivity index (χ0v) is 56.6. The van der Waals surface area contributed by atoms with Crippen LogP contribution in [0, 0.1) is 0 Å². The molecule has 0 aliphatic rings. The van der Waals surface area contributed by atoms with E-state index in [1.807, 2.05) is 23.5 Å². The zero-order chi connectivity index (χ0) is 67.6. The Bertz CT molecular complexity index is 7110. The van der Waals surface area contributed by atoms with Crippen molar-refractivity contribution in [2.24, 2.45) is 0 Å². The summed E-state index contributed by atoms with van der Waals surface area (Å²) in [6.45, 7) is 0. The number of aromatic nitrogens is 5. The molecule has 0 spiro atoms. The van der Waals surface area contributed by atoms with E-state index >= 15 is 0 Å². The number of hydrogen-bond donors (Lipinski definition) is 0. The molecule has 16 aromatic carbocycles. The fourth-order valence-corrected chi connectivity index (χ4v) is 18.0. The molecule has 0 bridgehead atoms. The summed E-state index contributed by atoms with van der Waals surface area (Å²) >= 11 is 1.90. The average Bonchev–Trinajstić information content (AvgIpc) is 1.60. The minimum atomic E-state index is 0.937. The normalized spacial score (nSPS) is 11.9. The van der Waals surface area contributed by atoms with E-state index in [0.717, 1.165) is 16.9 Å². The standard InChI is InChI=1S/C30H20N2.C24H15NO.C24H15NS.C18H11N/c1-3-11-21(12-4-1)31-27-18-10-8-16-25(27)29-28(31)20-19-24-23-15-7-9-17-26(23)32(30(24)29)22-13-5-2-6-14-22;2*1-2-8-16(9-3-1)25-20-12-6-4-11-19(20)23-21(25)15-14-18-17-10-5-7-13-22(17)26-24(18)23;1-3-10-16-12(6-1)14-8-5-9-15-13-7-2-4-11-17(13)19(16)18(14)15/h1-20H;2*1-15H;1-11H. The quantitative estimate of drug-likeness (QED) is 0.173. The molecule has 103 heavy (non-hydrogen) atoms.